The average molecular weight is 346 g/mol. The first-order valence-corrected chi connectivity index (χ1v) is 7.97. The van der Waals surface area contributed by atoms with Gasteiger partial charge in [0, 0.05) is 6.54 Å². The third-order valence-electron chi connectivity index (χ3n) is 3.52. The van der Waals surface area contributed by atoms with E-state index in [1.54, 1.807) is 12.1 Å². The van der Waals surface area contributed by atoms with E-state index in [1.165, 1.54) is 6.26 Å². The molecule has 7 heteroatoms. The molecule has 0 radical (unpaired) electrons. The Labute approximate surface area is 146 Å². The van der Waals surface area contributed by atoms with E-state index in [0.717, 1.165) is 11.1 Å². The predicted molar refractivity (Wildman–Crippen MR) is 90.5 cm³/mol. The number of carbonyl (C=O) groups is 2. The fourth-order valence-electron chi connectivity index (χ4n) is 2.18. The van der Waals surface area contributed by atoms with Crippen LogP contribution in [-0.4, -0.2) is 36.7 Å². The van der Waals surface area contributed by atoms with Gasteiger partial charge in [-0.15, -0.1) is 0 Å². The molecular weight excluding hydrogens is 324 g/mol. The summed E-state index contributed by atoms with van der Waals surface area (Å²) < 4.78 is 10.6. The molecule has 0 aliphatic heterocycles. The second-order valence-electron chi connectivity index (χ2n) is 5.47. The number of nitrogens with one attached hydrogen (secondary N) is 2. The van der Waals surface area contributed by atoms with Crippen molar-refractivity contribution >= 4 is 11.8 Å². The fraction of sp³-hybridized carbons (Fsp3) is 0.333. The Morgan fingerprint density at radius 1 is 1.16 bits per heavy atom. The highest BCUT2D eigenvalue weighted by molar-refractivity contribution is 6.35. The Morgan fingerprint density at radius 2 is 1.88 bits per heavy atom. The molecule has 2 rings (SSSR count). The summed E-state index contributed by atoms with van der Waals surface area (Å²) in [5.41, 5.74) is 1.96. The molecule has 0 aliphatic carbocycles. The summed E-state index contributed by atoms with van der Waals surface area (Å²) in [5.74, 6) is -0.942. The lowest BCUT2D eigenvalue weighted by atomic mass is 10.1. The van der Waals surface area contributed by atoms with Gasteiger partial charge in [0.2, 0.25) is 0 Å². The van der Waals surface area contributed by atoms with Gasteiger partial charge in [0.1, 0.15) is 5.76 Å². The fourth-order valence-corrected chi connectivity index (χ4v) is 2.18. The summed E-state index contributed by atoms with van der Waals surface area (Å²) in [6, 6.07) is 11.0. The molecule has 1 unspecified atom stereocenters. The van der Waals surface area contributed by atoms with Crippen molar-refractivity contribution in [3.8, 4) is 0 Å². The molecular formula is C18H22N2O5. The first-order valence-electron chi connectivity index (χ1n) is 7.97. The molecule has 0 aliphatic rings. The van der Waals surface area contributed by atoms with Crippen molar-refractivity contribution < 1.29 is 23.8 Å². The maximum absolute atomic E-state index is 11.9. The summed E-state index contributed by atoms with van der Waals surface area (Å²) in [6.45, 7) is 2.25. The number of carbonyl (C=O) groups excluding carboxylic acids is 2. The molecule has 0 saturated carbocycles. The normalized spacial score (nSPS) is 11.8. The molecule has 0 fully saturated rings. The van der Waals surface area contributed by atoms with E-state index >= 15 is 0 Å². The molecule has 2 amide bonds. The zero-order chi connectivity index (χ0) is 18.1. The summed E-state index contributed by atoms with van der Waals surface area (Å²) in [7, 11) is 0. The molecule has 1 aromatic carbocycles. The van der Waals surface area contributed by atoms with E-state index in [1.807, 2.05) is 31.2 Å². The van der Waals surface area contributed by atoms with Gasteiger partial charge in [-0.25, -0.2) is 0 Å². The highest BCUT2D eigenvalue weighted by Crippen LogP contribution is 2.17. The number of amides is 2. The Kier molecular flexibility index (Phi) is 7.18. The molecule has 25 heavy (non-hydrogen) atoms. The zero-order valence-corrected chi connectivity index (χ0v) is 14.0. The third kappa shape index (κ3) is 6.06. The number of rotatable bonds is 8. The van der Waals surface area contributed by atoms with Crippen LogP contribution in [0.15, 0.2) is 47.1 Å². The van der Waals surface area contributed by atoms with E-state index < -0.39 is 17.9 Å². The predicted octanol–water partition coefficient (Wildman–Crippen LogP) is 1.07. The lowest BCUT2D eigenvalue weighted by Crippen LogP contribution is -2.41. The molecule has 3 N–H and O–H groups in total. The van der Waals surface area contributed by atoms with Gasteiger partial charge in [0.15, 0.2) is 0 Å². The average Bonchev–Trinajstić information content (AvgIpc) is 3.14. The minimum atomic E-state index is -0.753. The number of furan rings is 1. The molecule has 7 nitrogen and oxygen atoms in total. The van der Waals surface area contributed by atoms with Crippen molar-refractivity contribution in [3.05, 3.63) is 59.5 Å². The Balaban J connectivity index is 1.86. The minimum absolute atomic E-state index is 0.121. The number of aliphatic hydroxyl groups is 1. The number of hydrogen-bond acceptors (Lipinski definition) is 5. The Hall–Kier alpha value is -2.64. The van der Waals surface area contributed by atoms with Crippen molar-refractivity contribution in [1.29, 1.82) is 0 Å². The van der Waals surface area contributed by atoms with Crippen molar-refractivity contribution in [2.45, 2.75) is 19.6 Å². The van der Waals surface area contributed by atoms with Crippen LogP contribution < -0.4 is 10.6 Å². The summed E-state index contributed by atoms with van der Waals surface area (Å²) in [4.78, 5) is 23.7. The van der Waals surface area contributed by atoms with Crippen LogP contribution in [0.25, 0.3) is 0 Å². The number of ether oxygens (including phenoxy) is 1. The van der Waals surface area contributed by atoms with E-state index in [4.69, 9.17) is 14.3 Å². The van der Waals surface area contributed by atoms with Gasteiger partial charge in [0.25, 0.3) is 0 Å². The monoisotopic (exact) mass is 346 g/mol. The quantitative estimate of drug-likeness (QED) is 0.621. The molecule has 0 saturated heterocycles. The molecule has 1 atom stereocenters. The van der Waals surface area contributed by atoms with Crippen molar-refractivity contribution in [2.75, 3.05) is 19.8 Å². The second kappa shape index (κ2) is 9.61. The molecule has 1 heterocycles. The van der Waals surface area contributed by atoms with Gasteiger partial charge >= 0.3 is 11.8 Å². The lowest BCUT2D eigenvalue weighted by molar-refractivity contribution is -0.139. The topological polar surface area (TPSA) is 101 Å². The SMILES string of the molecule is Cc1ccc(C(CNC(=O)C(=O)NCc2ccco2)OCCO)cc1. The first kappa shape index (κ1) is 18.7. The number of aryl methyl sites for hydroxylation is 1. The largest absolute Gasteiger partial charge is 0.467 e. The number of aliphatic hydroxyl groups excluding tert-OH is 1. The van der Waals surface area contributed by atoms with Crippen LogP contribution in [0.3, 0.4) is 0 Å². The number of hydrogen-bond donors (Lipinski definition) is 3. The third-order valence-corrected chi connectivity index (χ3v) is 3.52. The van der Waals surface area contributed by atoms with Crippen LogP contribution in [0.2, 0.25) is 0 Å². The van der Waals surface area contributed by atoms with Crippen LogP contribution in [0.5, 0.6) is 0 Å². The van der Waals surface area contributed by atoms with Crippen molar-refractivity contribution in [2.24, 2.45) is 0 Å². The van der Waals surface area contributed by atoms with Crippen LogP contribution in [0.1, 0.15) is 23.0 Å². The zero-order valence-electron chi connectivity index (χ0n) is 14.0. The van der Waals surface area contributed by atoms with Crippen LogP contribution >= 0.6 is 0 Å². The summed E-state index contributed by atoms with van der Waals surface area (Å²) in [5, 5.41) is 14.0. The molecule has 0 spiro atoms. The van der Waals surface area contributed by atoms with Gasteiger partial charge in [-0.3, -0.25) is 9.59 Å². The van der Waals surface area contributed by atoms with Gasteiger partial charge in [-0.05, 0) is 24.6 Å². The summed E-state index contributed by atoms with van der Waals surface area (Å²) in [6.07, 6.45) is 1.04. The highest BCUT2D eigenvalue weighted by atomic mass is 16.5. The number of benzene rings is 1. The van der Waals surface area contributed by atoms with Crippen molar-refractivity contribution in [1.82, 2.24) is 10.6 Å². The van der Waals surface area contributed by atoms with Gasteiger partial charge < -0.3 is 24.9 Å². The second-order valence-corrected chi connectivity index (χ2v) is 5.47. The molecule has 1 aromatic heterocycles. The van der Waals surface area contributed by atoms with Crippen LogP contribution in [0, 0.1) is 6.92 Å². The molecule has 2 aromatic rings. The smallest absolute Gasteiger partial charge is 0.309 e. The van der Waals surface area contributed by atoms with Gasteiger partial charge in [0.05, 0.1) is 32.1 Å². The minimum Gasteiger partial charge on any atom is -0.467 e. The van der Waals surface area contributed by atoms with E-state index in [2.05, 4.69) is 10.6 Å². The standard InChI is InChI=1S/C18H22N2O5/c1-13-4-6-14(7-5-13)16(25-10-8-21)12-20-18(23)17(22)19-11-15-3-2-9-24-15/h2-7,9,16,21H,8,10-12H2,1H3,(H,19,22)(H,20,23). The van der Waals surface area contributed by atoms with Crippen LogP contribution in [0.4, 0.5) is 0 Å². The highest BCUT2D eigenvalue weighted by Gasteiger charge is 2.17. The van der Waals surface area contributed by atoms with E-state index in [-0.39, 0.29) is 26.3 Å². The van der Waals surface area contributed by atoms with E-state index in [9.17, 15) is 9.59 Å². The maximum atomic E-state index is 11.9. The Morgan fingerprint density at radius 3 is 2.52 bits per heavy atom. The lowest BCUT2D eigenvalue weighted by Gasteiger charge is -2.18. The van der Waals surface area contributed by atoms with Gasteiger partial charge in [-0.1, -0.05) is 29.8 Å². The maximum Gasteiger partial charge on any atom is 0.309 e. The summed E-state index contributed by atoms with van der Waals surface area (Å²) >= 11 is 0. The Bertz CT molecular complexity index is 667. The molecule has 0 bridgehead atoms. The first-order chi connectivity index (χ1) is 12.1. The molecule has 134 valence electrons. The van der Waals surface area contributed by atoms with Crippen molar-refractivity contribution in [3.63, 3.8) is 0 Å². The van der Waals surface area contributed by atoms with Crippen LogP contribution in [-0.2, 0) is 20.9 Å². The van der Waals surface area contributed by atoms with E-state index in [0.29, 0.717) is 5.76 Å². The van der Waals surface area contributed by atoms with Gasteiger partial charge in [-0.2, -0.15) is 0 Å².